The van der Waals surface area contributed by atoms with Crippen molar-refractivity contribution in [2.75, 3.05) is 26.2 Å². The predicted octanol–water partition coefficient (Wildman–Crippen LogP) is 2.64. The SMILES string of the molecule is CC1(C)CN(CC2CCC(CN)CC2)CC(C)(C)O1. The van der Waals surface area contributed by atoms with Crippen LogP contribution < -0.4 is 5.73 Å². The Bertz CT molecular complexity index is 277. The third kappa shape index (κ3) is 4.44. The molecule has 0 bridgehead atoms. The first-order chi connectivity index (χ1) is 8.80. The minimum Gasteiger partial charge on any atom is -0.367 e. The zero-order valence-corrected chi connectivity index (χ0v) is 13.2. The van der Waals surface area contributed by atoms with Crippen molar-refractivity contribution in [3.8, 4) is 0 Å². The third-order valence-corrected chi connectivity index (χ3v) is 4.58. The summed E-state index contributed by atoms with van der Waals surface area (Å²) in [5.74, 6) is 1.65. The molecule has 1 saturated heterocycles. The fourth-order valence-corrected chi connectivity index (χ4v) is 4.09. The average Bonchev–Trinajstić information content (AvgIpc) is 2.25. The van der Waals surface area contributed by atoms with Crippen molar-refractivity contribution in [3.63, 3.8) is 0 Å². The molecule has 3 heteroatoms. The predicted molar refractivity (Wildman–Crippen MR) is 80.2 cm³/mol. The molecule has 0 aromatic rings. The second-order valence-electron chi connectivity index (χ2n) is 7.91. The normalized spacial score (nSPS) is 35.2. The largest absolute Gasteiger partial charge is 0.367 e. The van der Waals surface area contributed by atoms with Crippen LogP contribution in [-0.4, -0.2) is 42.3 Å². The number of nitrogens with zero attached hydrogens (tertiary/aromatic N) is 1. The number of nitrogens with two attached hydrogens (primary N) is 1. The van der Waals surface area contributed by atoms with Gasteiger partial charge in [0.15, 0.2) is 0 Å². The van der Waals surface area contributed by atoms with Crippen LogP contribution in [0.3, 0.4) is 0 Å². The van der Waals surface area contributed by atoms with Gasteiger partial charge >= 0.3 is 0 Å². The van der Waals surface area contributed by atoms with Crippen LogP contribution in [0.25, 0.3) is 0 Å². The first kappa shape index (κ1) is 15.3. The van der Waals surface area contributed by atoms with Crippen LogP contribution in [0.4, 0.5) is 0 Å². The van der Waals surface area contributed by atoms with Crippen molar-refractivity contribution in [2.24, 2.45) is 17.6 Å². The molecule has 1 aliphatic heterocycles. The van der Waals surface area contributed by atoms with Crippen LogP contribution >= 0.6 is 0 Å². The Hall–Kier alpha value is -0.120. The summed E-state index contributed by atoms with van der Waals surface area (Å²) < 4.78 is 6.16. The summed E-state index contributed by atoms with van der Waals surface area (Å²) >= 11 is 0. The van der Waals surface area contributed by atoms with Crippen LogP contribution in [-0.2, 0) is 4.74 Å². The van der Waals surface area contributed by atoms with E-state index in [2.05, 4.69) is 32.6 Å². The Balaban J connectivity index is 1.85. The molecule has 2 rings (SSSR count). The van der Waals surface area contributed by atoms with Gasteiger partial charge in [0.25, 0.3) is 0 Å². The van der Waals surface area contributed by atoms with E-state index in [1.54, 1.807) is 0 Å². The van der Waals surface area contributed by atoms with E-state index in [1.807, 2.05) is 0 Å². The highest BCUT2D eigenvalue weighted by atomic mass is 16.5. The van der Waals surface area contributed by atoms with E-state index in [-0.39, 0.29) is 11.2 Å². The number of morpholine rings is 1. The maximum Gasteiger partial charge on any atom is 0.0760 e. The van der Waals surface area contributed by atoms with Gasteiger partial charge in [-0.25, -0.2) is 0 Å². The van der Waals surface area contributed by atoms with E-state index in [4.69, 9.17) is 10.5 Å². The van der Waals surface area contributed by atoms with Gasteiger partial charge in [0.1, 0.15) is 0 Å². The van der Waals surface area contributed by atoms with Crippen molar-refractivity contribution >= 4 is 0 Å². The lowest BCUT2D eigenvalue weighted by Gasteiger charge is -2.48. The molecule has 0 amide bonds. The number of hydrogen-bond donors (Lipinski definition) is 1. The minimum atomic E-state index is -0.0176. The molecular formula is C16H32N2O. The van der Waals surface area contributed by atoms with Gasteiger partial charge in [0.05, 0.1) is 11.2 Å². The molecule has 0 spiro atoms. The quantitative estimate of drug-likeness (QED) is 0.855. The van der Waals surface area contributed by atoms with E-state index >= 15 is 0 Å². The summed E-state index contributed by atoms with van der Waals surface area (Å²) in [4.78, 5) is 2.62. The van der Waals surface area contributed by atoms with Gasteiger partial charge < -0.3 is 10.5 Å². The van der Waals surface area contributed by atoms with Gasteiger partial charge in [0, 0.05) is 19.6 Å². The molecule has 2 aliphatic rings. The molecule has 2 N–H and O–H groups in total. The first-order valence-electron chi connectivity index (χ1n) is 7.92. The minimum absolute atomic E-state index is 0.0176. The summed E-state index contributed by atoms with van der Waals surface area (Å²) in [6, 6.07) is 0. The van der Waals surface area contributed by atoms with Gasteiger partial charge in [-0.15, -0.1) is 0 Å². The van der Waals surface area contributed by atoms with E-state index in [0.29, 0.717) is 0 Å². The van der Waals surface area contributed by atoms with Crippen LogP contribution in [0.2, 0.25) is 0 Å². The average molecular weight is 268 g/mol. The van der Waals surface area contributed by atoms with Gasteiger partial charge in [-0.05, 0) is 71.8 Å². The van der Waals surface area contributed by atoms with Crippen LogP contribution in [0, 0.1) is 11.8 Å². The van der Waals surface area contributed by atoms with Crippen LogP contribution in [0.1, 0.15) is 53.4 Å². The van der Waals surface area contributed by atoms with Crippen LogP contribution in [0.15, 0.2) is 0 Å². The van der Waals surface area contributed by atoms with Gasteiger partial charge in [0.2, 0.25) is 0 Å². The van der Waals surface area contributed by atoms with Gasteiger partial charge in [-0.2, -0.15) is 0 Å². The summed E-state index contributed by atoms with van der Waals surface area (Å²) in [7, 11) is 0. The molecule has 112 valence electrons. The lowest BCUT2D eigenvalue weighted by Crippen LogP contribution is -2.58. The Morgan fingerprint density at radius 2 is 1.42 bits per heavy atom. The molecule has 1 saturated carbocycles. The molecule has 1 heterocycles. The first-order valence-corrected chi connectivity index (χ1v) is 7.92. The van der Waals surface area contributed by atoms with Crippen molar-refractivity contribution in [3.05, 3.63) is 0 Å². The standard InChI is InChI=1S/C16H32N2O/c1-15(2)11-18(12-16(3,4)19-15)10-14-7-5-13(9-17)6-8-14/h13-14H,5-12,17H2,1-4H3. The zero-order valence-electron chi connectivity index (χ0n) is 13.2. The molecule has 0 aromatic carbocycles. The molecule has 1 aliphatic carbocycles. The second-order valence-corrected chi connectivity index (χ2v) is 7.91. The molecule has 0 radical (unpaired) electrons. The van der Waals surface area contributed by atoms with Crippen molar-refractivity contribution in [1.82, 2.24) is 4.90 Å². The molecule has 0 aromatic heterocycles. The topological polar surface area (TPSA) is 38.5 Å². The smallest absolute Gasteiger partial charge is 0.0760 e. The van der Waals surface area contributed by atoms with E-state index < -0.39 is 0 Å². The molecule has 19 heavy (non-hydrogen) atoms. The number of ether oxygens (including phenoxy) is 1. The third-order valence-electron chi connectivity index (χ3n) is 4.58. The number of hydrogen-bond acceptors (Lipinski definition) is 3. The van der Waals surface area contributed by atoms with Crippen molar-refractivity contribution in [1.29, 1.82) is 0 Å². The lowest BCUT2D eigenvalue weighted by molar-refractivity contribution is -0.182. The van der Waals surface area contributed by atoms with Gasteiger partial charge in [-0.1, -0.05) is 0 Å². The molecule has 0 unspecified atom stereocenters. The highest BCUT2D eigenvalue weighted by Gasteiger charge is 2.38. The Morgan fingerprint density at radius 1 is 0.947 bits per heavy atom. The highest BCUT2D eigenvalue weighted by molar-refractivity contribution is 4.90. The van der Waals surface area contributed by atoms with E-state index in [0.717, 1.165) is 31.5 Å². The summed E-state index contributed by atoms with van der Waals surface area (Å²) in [6.45, 7) is 13.1. The fourth-order valence-electron chi connectivity index (χ4n) is 4.09. The Labute approximate surface area is 118 Å². The van der Waals surface area contributed by atoms with Crippen LogP contribution in [0.5, 0.6) is 0 Å². The van der Waals surface area contributed by atoms with E-state index in [9.17, 15) is 0 Å². The van der Waals surface area contributed by atoms with Crippen molar-refractivity contribution < 1.29 is 4.74 Å². The number of rotatable bonds is 3. The second kappa shape index (κ2) is 5.71. The fraction of sp³-hybridized carbons (Fsp3) is 1.00. The summed E-state index contributed by atoms with van der Waals surface area (Å²) in [6.07, 6.45) is 5.39. The maximum atomic E-state index is 6.16. The lowest BCUT2D eigenvalue weighted by atomic mass is 9.81. The Morgan fingerprint density at radius 3 is 1.89 bits per heavy atom. The highest BCUT2D eigenvalue weighted by Crippen LogP contribution is 2.32. The summed E-state index contributed by atoms with van der Waals surface area (Å²) in [5.41, 5.74) is 5.74. The van der Waals surface area contributed by atoms with Crippen molar-refractivity contribution in [2.45, 2.75) is 64.6 Å². The molecular weight excluding hydrogens is 236 g/mol. The van der Waals surface area contributed by atoms with Gasteiger partial charge in [-0.3, -0.25) is 4.90 Å². The molecule has 2 fully saturated rings. The molecule has 3 nitrogen and oxygen atoms in total. The zero-order chi connectivity index (χ0) is 14.1. The maximum absolute atomic E-state index is 6.16. The van der Waals surface area contributed by atoms with E-state index in [1.165, 1.54) is 32.2 Å². The Kier molecular flexibility index (Phi) is 4.59. The summed E-state index contributed by atoms with van der Waals surface area (Å²) in [5, 5.41) is 0. The molecule has 0 atom stereocenters. The monoisotopic (exact) mass is 268 g/mol.